The molecule has 2 rings (SSSR count). The standard InChI is InChI=1S/C16H18N2O6S2/c1-4-7-26(21,22)16-18-11-6-5-10(8-13(11)25-16)17-12(15(20)24-3)9-14(19)23-2/h5-6,8-9,17H,4,7H2,1-3H3/b12-9+. The molecule has 8 nitrogen and oxygen atoms in total. The number of anilines is 1. The van der Waals surface area contributed by atoms with Crippen molar-refractivity contribution < 1.29 is 27.5 Å². The smallest absolute Gasteiger partial charge is 0.354 e. The summed E-state index contributed by atoms with van der Waals surface area (Å²) < 4.78 is 34.1. The first-order valence-corrected chi connectivity index (χ1v) is 10.1. The second kappa shape index (κ2) is 8.28. The molecule has 1 N–H and O–H groups in total. The van der Waals surface area contributed by atoms with Gasteiger partial charge in [0.05, 0.1) is 36.3 Å². The first-order chi connectivity index (χ1) is 12.3. The van der Waals surface area contributed by atoms with Gasteiger partial charge in [-0.15, -0.1) is 11.3 Å². The van der Waals surface area contributed by atoms with Crippen LogP contribution in [0, 0.1) is 0 Å². The highest BCUT2D eigenvalue weighted by Crippen LogP contribution is 2.29. The number of rotatable bonds is 7. The first kappa shape index (κ1) is 19.9. The second-order valence-corrected chi connectivity index (χ2v) is 8.49. The zero-order chi connectivity index (χ0) is 19.3. The van der Waals surface area contributed by atoms with Gasteiger partial charge in [0.25, 0.3) is 0 Å². The van der Waals surface area contributed by atoms with E-state index in [0.717, 1.165) is 17.4 Å². The van der Waals surface area contributed by atoms with E-state index in [9.17, 15) is 18.0 Å². The molecule has 1 aromatic heterocycles. The van der Waals surface area contributed by atoms with E-state index in [1.807, 2.05) is 0 Å². The minimum Gasteiger partial charge on any atom is -0.466 e. The molecule has 2 aromatic rings. The fourth-order valence-electron chi connectivity index (χ4n) is 2.06. The van der Waals surface area contributed by atoms with Crippen LogP contribution < -0.4 is 5.32 Å². The normalized spacial score (nSPS) is 12.0. The Kier molecular flexibility index (Phi) is 6.32. The molecule has 10 heteroatoms. The van der Waals surface area contributed by atoms with Crippen LogP contribution in [0.5, 0.6) is 0 Å². The molecule has 0 radical (unpaired) electrons. The predicted octanol–water partition coefficient (Wildman–Crippen LogP) is 2.12. The van der Waals surface area contributed by atoms with E-state index in [0.29, 0.717) is 22.3 Å². The van der Waals surface area contributed by atoms with Gasteiger partial charge < -0.3 is 14.8 Å². The maximum absolute atomic E-state index is 12.2. The summed E-state index contributed by atoms with van der Waals surface area (Å²) in [6.45, 7) is 1.79. The zero-order valence-electron chi connectivity index (χ0n) is 14.4. The highest BCUT2D eigenvalue weighted by Gasteiger charge is 2.19. The molecule has 1 heterocycles. The van der Waals surface area contributed by atoms with Crippen molar-refractivity contribution in [1.82, 2.24) is 4.98 Å². The van der Waals surface area contributed by atoms with Gasteiger partial charge in [0.1, 0.15) is 5.70 Å². The zero-order valence-corrected chi connectivity index (χ0v) is 16.1. The Morgan fingerprint density at radius 2 is 2.00 bits per heavy atom. The number of sulfone groups is 1. The van der Waals surface area contributed by atoms with Gasteiger partial charge in [-0.25, -0.2) is 23.0 Å². The van der Waals surface area contributed by atoms with Crippen LogP contribution in [0.2, 0.25) is 0 Å². The van der Waals surface area contributed by atoms with Crippen molar-refractivity contribution in [2.24, 2.45) is 0 Å². The number of ether oxygens (including phenoxy) is 2. The molecule has 0 amide bonds. The number of carbonyl (C=O) groups excluding carboxylic acids is 2. The molecule has 140 valence electrons. The molecule has 0 fully saturated rings. The van der Waals surface area contributed by atoms with E-state index in [-0.39, 0.29) is 15.8 Å². The summed E-state index contributed by atoms with van der Waals surface area (Å²) in [5, 5.41) is 2.78. The lowest BCUT2D eigenvalue weighted by Gasteiger charge is -2.08. The number of nitrogens with zero attached hydrogens (tertiary/aromatic N) is 1. The Labute approximate surface area is 154 Å². The van der Waals surface area contributed by atoms with Crippen LogP contribution in [0.4, 0.5) is 5.69 Å². The van der Waals surface area contributed by atoms with Crippen LogP contribution in [-0.4, -0.2) is 45.3 Å². The van der Waals surface area contributed by atoms with E-state index in [4.69, 9.17) is 0 Å². The van der Waals surface area contributed by atoms with E-state index in [1.165, 1.54) is 14.2 Å². The monoisotopic (exact) mass is 398 g/mol. The maximum Gasteiger partial charge on any atom is 0.354 e. The molecule has 26 heavy (non-hydrogen) atoms. The maximum atomic E-state index is 12.2. The number of hydrogen-bond donors (Lipinski definition) is 1. The summed E-state index contributed by atoms with van der Waals surface area (Å²) in [5.74, 6) is -1.43. The average Bonchev–Trinajstić information content (AvgIpc) is 3.04. The molecular formula is C16H18N2O6S2. The molecule has 0 unspecified atom stereocenters. The van der Waals surface area contributed by atoms with Crippen molar-refractivity contribution in [2.45, 2.75) is 17.7 Å². The summed E-state index contributed by atoms with van der Waals surface area (Å²) in [6.07, 6.45) is 1.48. The number of fused-ring (bicyclic) bond motifs is 1. The molecule has 0 aliphatic carbocycles. The number of benzene rings is 1. The van der Waals surface area contributed by atoms with Gasteiger partial charge in [0.2, 0.25) is 14.2 Å². The van der Waals surface area contributed by atoms with E-state index in [1.54, 1.807) is 25.1 Å². The number of hydrogen-bond acceptors (Lipinski definition) is 9. The molecule has 0 saturated carbocycles. The van der Waals surface area contributed by atoms with Crippen LogP contribution in [0.25, 0.3) is 10.2 Å². The van der Waals surface area contributed by atoms with Crippen molar-refractivity contribution in [3.63, 3.8) is 0 Å². The largest absolute Gasteiger partial charge is 0.466 e. The molecular weight excluding hydrogens is 380 g/mol. The number of esters is 2. The Morgan fingerprint density at radius 1 is 1.27 bits per heavy atom. The summed E-state index contributed by atoms with van der Waals surface area (Å²) in [7, 11) is -1.03. The van der Waals surface area contributed by atoms with Gasteiger partial charge >= 0.3 is 11.9 Å². The first-order valence-electron chi connectivity index (χ1n) is 7.59. The molecule has 0 aliphatic rings. The minimum absolute atomic E-state index is 0.0340. The second-order valence-electron chi connectivity index (χ2n) is 5.18. The summed E-state index contributed by atoms with van der Waals surface area (Å²) in [5.41, 5.74) is 0.898. The highest BCUT2D eigenvalue weighted by molar-refractivity contribution is 7.93. The van der Waals surface area contributed by atoms with Crippen LogP contribution in [0.1, 0.15) is 13.3 Å². The topological polar surface area (TPSA) is 112 Å². The van der Waals surface area contributed by atoms with E-state index < -0.39 is 21.8 Å². The molecule has 0 bridgehead atoms. The summed E-state index contributed by atoms with van der Waals surface area (Å²) in [6, 6.07) is 4.89. The van der Waals surface area contributed by atoms with Gasteiger partial charge in [-0.2, -0.15) is 0 Å². The Morgan fingerprint density at radius 3 is 2.62 bits per heavy atom. The Bertz CT molecular complexity index is 962. The third-order valence-corrected chi connectivity index (χ3v) is 6.65. The average molecular weight is 398 g/mol. The van der Waals surface area contributed by atoms with Crippen molar-refractivity contribution in [3.8, 4) is 0 Å². The summed E-state index contributed by atoms with van der Waals surface area (Å²) in [4.78, 5) is 27.3. The molecule has 1 aromatic carbocycles. The molecule has 0 spiro atoms. The quantitative estimate of drug-likeness (QED) is 0.558. The number of nitrogens with one attached hydrogen (secondary N) is 1. The fourth-order valence-corrected chi connectivity index (χ4v) is 4.77. The number of aromatic nitrogens is 1. The lowest BCUT2D eigenvalue weighted by atomic mass is 10.2. The Balaban J connectivity index is 2.37. The van der Waals surface area contributed by atoms with Gasteiger partial charge in [-0.1, -0.05) is 6.92 Å². The van der Waals surface area contributed by atoms with E-state index in [2.05, 4.69) is 19.8 Å². The third kappa shape index (κ3) is 4.58. The molecule has 0 aliphatic heterocycles. The number of carbonyl (C=O) groups is 2. The number of methoxy groups -OCH3 is 2. The van der Waals surface area contributed by atoms with Crippen molar-refractivity contribution >= 4 is 49.0 Å². The lowest BCUT2D eigenvalue weighted by Crippen LogP contribution is -2.15. The van der Waals surface area contributed by atoms with Gasteiger partial charge in [0, 0.05) is 5.69 Å². The SMILES string of the molecule is CCCS(=O)(=O)c1nc2ccc(N/C(=C/C(=O)OC)C(=O)OC)cc2s1. The van der Waals surface area contributed by atoms with Crippen molar-refractivity contribution in [2.75, 3.05) is 25.3 Å². The van der Waals surface area contributed by atoms with Crippen molar-refractivity contribution in [3.05, 3.63) is 30.0 Å². The van der Waals surface area contributed by atoms with Gasteiger partial charge in [0.15, 0.2) is 0 Å². The molecule has 0 saturated heterocycles. The van der Waals surface area contributed by atoms with E-state index >= 15 is 0 Å². The van der Waals surface area contributed by atoms with Crippen molar-refractivity contribution in [1.29, 1.82) is 0 Å². The lowest BCUT2D eigenvalue weighted by molar-refractivity contribution is -0.138. The third-order valence-electron chi connectivity index (χ3n) is 3.26. The summed E-state index contributed by atoms with van der Waals surface area (Å²) >= 11 is 1.05. The molecule has 0 atom stereocenters. The minimum atomic E-state index is -3.40. The van der Waals surface area contributed by atoms with Crippen LogP contribution in [-0.2, 0) is 28.9 Å². The van der Waals surface area contributed by atoms with Gasteiger partial charge in [-0.05, 0) is 24.6 Å². The van der Waals surface area contributed by atoms with Crippen LogP contribution >= 0.6 is 11.3 Å². The van der Waals surface area contributed by atoms with Crippen LogP contribution in [0.3, 0.4) is 0 Å². The Hall–Kier alpha value is -2.46. The fraction of sp³-hybridized carbons (Fsp3) is 0.312. The van der Waals surface area contributed by atoms with Crippen LogP contribution in [0.15, 0.2) is 34.3 Å². The highest BCUT2D eigenvalue weighted by atomic mass is 32.2. The van der Waals surface area contributed by atoms with Gasteiger partial charge in [-0.3, -0.25) is 0 Å². The predicted molar refractivity (Wildman–Crippen MR) is 97.7 cm³/mol. The number of thiazole rings is 1.